The second-order valence-electron chi connectivity index (χ2n) is 5.35. The number of fused-ring (bicyclic) bond motifs is 1. The lowest BCUT2D eigenvalue weighted by molar-refractivity contribution is -0.137. The zero-order valence-corrected chi connectivity index (χ0v) is 11.6. The minimum atomic E-state index is -4.20. The van der Waals surface area contributed by atoms with Crippen molar-refractivity contribution in [3.8, 4) is 0 Å². The Morgan fingerprint density at radius 1 is 1.33 bits per heavy atom. The summed E-state index contributed by atoms with van der Waals surface area (Å²) in [7, 11) is 0. The van der Waals surface area contributed by atoms with E-state index in [1.807, 2.05) is 4.57 Å². The summed E-state index contributed by atoms with van der Waals surface area (Å²) in [5, 5.41) is 2.85. The summed E-state index contributed by atoms with van der Waals surface area (Å²) in [6.07, 6.45) is 0.492. The van der Waals surface area contributed by atoms with Gasteiger partial charge in [-0.25, -0.2) is 15.0 Å². The van der Waals surface area contributed by atoms with Crippen molar-refractivity contribution in [2.45, 2.75) is 50.9 Å². The number of nitrogens with zero attached hydrogens (tertiary/aromatic N) is 4. The molecule has 0 bridgehead atoms. The first-order chi connectivity index (χ1) is 9.98. The van der Waals surface area contributed by atoms with Gasteiger partial charge in [0.1, 0.15) is 11.8 Å². The molecule has 0 saturated heterocycles. The summed E-state index contributed by atoms with van der Waals surface area (Å²) < 4.78 is 39.6. The van der Waals surface area contributed by atoms with E-state index in [1.165, 1.54) is 6.33 Å². The molecule has 0 aromatic carbocycles. The second-order valence-corrected chi connectivity index (χ2v) is 5.35. The Balaban J connectivity index is 1.86. The monoisotopic (exact) mass is 299 g/mol. The van der Waals surface area contributed by atoms with Crippen molar-refractivity contribution in [1.82, 2.24) is 19.5 Å². The zero-order valence-electron chi connectivity index (χ0n) is 11.6. The largest absolute Gasteiger partial charge is 0.391 e. The van der Waals surface area contributed by atoms with Crippen LogP contribution in [0.5, 0.6) is 0 Å². The van der Waals surface area contributed by atoms with Gasteiger partial charge in [-0.15, -0.1) is 0 Å². The van der Waals surface area contributed by atoms with Gasteiger partial charge >= 0.3 is 6.18 Å². The van der Waals surface area contributed by atoms with Crippen molar-refractivity contribution in [3.63, 3.8) is 0 Å². The first kappa shape index (κ1) is 14.1. The summed E-state index contributed by atoms with van der Waals surface area (Å²) >= 11 is 0. The van der Waals surface area contributed by atoms with E-state index >= 15 is 0 Å². The fraction of sp³-hybridized carbons (Fsp3) is 0.615. The van der Waals surface area contributed by atoms with E-state index in [1.54, 1.807) is 13.3 Å². The molecule has 114 valence electrons. The highest BCUT2D eigenvalue weighted by Gasteiger charge is 2.32. The van der Waals surface area contributed by atoms with Crippen molar-refractivity contribution < 1.29 is 13.2 Å². The molecule has 21 heavy (non-hydrogen) atoms. The van der Waals surface area contributed by atoms with Crippen LogP contribution in [-0.4, -0.2) is 31.7 Å². The smallest absolute Gasteiger partial charge is 0.365 e. The van der Waals surface area contributed by atoms with E-state index in [0.29, 0.717) is 29.4 Å². The third-order valence-corrected chi connectivity index (χ3v) is 3.61. The maximum atomic E-state index is 12.5. The standard InChI is InChI=1S/C13H16F3N5/c1-2-8(5-13(14,15)16)20-11-10-12(18-6-17-11)21(7-19-10)9-3-4-9/h6-9H,2-5H2,1H3,(H,17,18,20). The molecule has 1 aliphatic rings. The average molecular weight is 299 g/mol. The van der Waals surface area contributed by atoms with Gasteiger partial charge in [-0.3, -0.25) is 0 Å². The van der Waals surface area contributed by atoms with Crippen molar-refractivity contribution >= 4 is 17.0 Å². The van der Waals surface area contributed by atoms with Gasteiger partial charge in [0.2, 0.25) is 0 Å². The van der Waals surface area contributed by atoms with Gasteiger partial charge in [0.15, 0.2) is 11.5 Å². The van der Waals surface area contributed by atoms with Crippen molar-refractivity contribution in [2.24, 2.45) is 0 Å². The van der Waals surface area contributed by atoms with Gasteiger partial charge in [0, 0.05) is 12.1 Å². The van der Waals surface area contributed by atoms with Crippen LogP contribution in [-0.2, 0) is 0 Å². The molecule has 8 heteroatoms. The van der Waals surface area contributed by atoms with Crippen molar-refractivity contribution in [1.29, 1.82) is 0 Å². The Hall–Kier alpha value is -1.86. The Bertz CT molecular complexity index is 632. The number of rotatable bonds is 5. The Kier molecular flexibility index (Phi) is 3.46. The molecule has 3 rings (SSSR count). The summed E-state index contributed by atoms with van der Waals surface area (Å²) in [6.45, 7) is 1.71. The van der Waals surface area contributed by atoms with E-state index in [9.17, 15) is 13.2 Å². The van der Waals surface area contributed by atoms with E-state index in [-0.39, 0.29) is 0 Å². The maximum absolute atomic E-state index is 12.5. The molecule has 0 aliphatic heterocycles. The highest BCUT2D eigenvalue weighted by atomic mass is 19.4. The predicted octanol–water partition coefficient (Wildman–Crippen LogP) is 3.30. The molecule has 2 aromatic rings. The van der Waals surface area contributed by atoms with E-state index in [0.717, 1.165) is 12.8 Å². The topological polar surface area (TPSA) is 55.6 Å². The fourth-order valence-electron chi connectivity index (χ4n) is 2.35. The molecule has 2 heterocycles. The Morgan fingerprint density at radius 2 is 2.10 bits per heavy atom. The predicted molar refractivity (Wildman–Crippen MR) is 72.0 cm³/mol. The molecule has 1 fully saturated rings. The fourth-order valence-corrected chi connectivity index (χ4v) is 2.35. The number of halogens is 3. The van der Waals surface area contributed by atoms with Gasteiger partial charge in [-0.05, 0) is 19.3 Å². The molecule has 1 aliphatic carbocycles. The SMILES string of the molecule is CCC(CC(F)(F)F)Nc1ncnc2c1ncn2C1CC1. The number of nitrogens with one attached hydrogen (secondary N) is 1. The minimum Gasteiger partial charge on any atom is -0.365 e. The molecule has 0 radical (unpaired) electrons. The molecular weight excluding hydrogens is 283 g/mol. The lowest BCUT2D eigenvalue weighted by atomic mass is 10.1. The van der Waals surface area contributed by atoms with E-state index in [2.05, 4.69) is 20.3 Å². The zero-order chi connectivity index (χ0) is 15.0. The molecule has 0 amide bonds. The van der Waals surface area contributed by atoms with Crippen LogP contribution in [0.2, 0.25) is 0 Å². The van der Waals surface area contributed by atoms with Crippen LogP contribution in [0.1, 0.15) is 38.6 Å². The second kappa shape index (κ2) is 5.16. The Labute approximate surface area is 119 Å². The summed E-state index contributed by atoms with van der Waals surface area (Å²) in [5.74, 6) is 0.371. The van der Waals surface area contributed by atoms with Gasteiger partial charge in [0.05, 0.1) is 12.7 Å². The van der Waals surface area contributed by atoms with Crippen LogP contribution < -0.4 is 5.32 Å². The normalized spacial score (nSPS) is 17.1. The van der Waals surface area contributed by atoms with Crippen LogP contribution >= 0.6 is 0 Å². The molecule has 1 saturated carbocycles. The van der Waals surface area contributed by atoms with Crippen LogP contribution in [0, 0.1) is 0 Å². The Morgan fingerprint density at radius 3 is 2.71 bits per heavy atom. The van der Waals surface area contributed by atoms with Crippen LogP contribution in [0.3, 0.4) is 0 Å². The van der Waals surface area contributed by atoms with Gasteiger partial charge in [-0.1, -0.05) is 6.92 Å². The minimum absolute atomic E-state index is 0.355. The van der Waals surface area contributed by atoms with Crippen molar-refractivity contribution in [2.75, 3.05) is 5.32 Å². The maximum Gasteiger partial charge on any atom is 0.391 e. The van der Waals surface area contributed by atoms with Crippen LogP contribution in [0.15, 0.2) is 12.7 Å². The van der Waals surface area contributed by atoms with Crippen LogP contribution in [0.4, 0.5) is 19.0 Å². The highest BCUT2D eigenvalue weighted by Crippen LogP contribution is 2.37. The van der Waals surface area contributed by atoms with E-state index < -0.39 is 18.6 Å². The van der Waals surface area contributed by atoms with E-state index in [4.69, 9.17) is 0 Å². The first-order valence-electron chi connectivity index (χ1n) is 6.98. The molecular formula is C13H16F3N5. The summed E-state index contributed by atoms with van der Waals surface area (Å²) in [5.41, 5.74) is 1.21. The molecule has 1 atom stereocenters. The van der Waals surface area contributed by atoms with Crippen LogP contribution in [0.25, 0.3) is 11.2 Å². The van der Waals surface area contributed by atoms with Gasteiger partial charge in [0.25, 0.3) is 0 Å². The van der Waals surface area contributed by atoms with Crippen molar-refractivity contribution in [3.05, 3.63) is 12.7 Å². The lowest BCUT2D eigenvalue weighted by Crippen LogP contribution is -2.26. The third-order valence-electron chi connectivity index (χ3n) is 3.61. The highest BCUT2D eigenvalue weighted by molar-refractivity contribution is 5.82. The molecule has 5 nitrogen and oxygen atoms in total. The molecule has 1 N–H and O–H groups in total. The molecule has 0 spiro atoms. The molecule has 2 aromatic heterocycles. The average Bonchev–Trinajstić information content (AvgIpc) is 3.16. The number of imidazole rings is 1. The summed E-state index contributed by atoms with van der Waals surface area (Å²) in [6, 6.07) is -0.302. The number of alkyl halides is 3. The van der Waals surface area contributed by atoms with Gasteiger partial charge in [-0.2, -0.15) is 13.2 Å². The van der Waals surface area contributed by atoms with Gasteiger partial charge < -0.3 is 9.88 Å². The number of hydrogen-bond donors (Lipinski definition) is 1. The lowest BCUT2D eigenvalue weighted by Gasteiger charge is -2.19. The molecule has 1 unspecified atom stereocenters. The number of anilines is 1. The number of aromatic nitrogens is 4. The quantitative estimate of drug-likeness (QED) is 0.920. The summed E-state index contributed by atoms with van der Waals surface area (Å²) in [4.78, 5) is 12.5. The number of hydrogen-bond acceptors (Lipinski definition) is 4. The third kappa shape index (κ3) is 3.08. The first-order valence-corrected chi connectivity index (χ1v) is 6.98.